The molecule has 0 heterocycles. The van der Waals surface area contributed by atoms with E-state index in [1.807, 2.05) is 44.2 Å². The first-order valence-corrected chi connectivity index (χ1v) is 9.23. The van der Waals surface area contributed by atoms with Crippen molar-refractivity contribution >= 4 is 34.7 Å². The normalized spacial score (nSPS) is 12.4. The minimum Gasteiger partial charge on any atom is -0.286 e. The Kier molecular flexibility index (Phi) is 6.62. The van der Waals surface area contributed by atoms with Gasteiger partial charge in [-0.25, -0.2) is 9.98 Å². The third-order valence-corrected chi connectivity index (χ3v) is 4.60. The summed E-state index contributed by atoms with van der Waals surface area (Å²) in [5, 5.41) is 0. The fourth-order valence-electron chi connectivity index (χ4n) is 3.00. The molecule has 0 aliphatic rings. The molecule has 0 fully saturated rings. The molecule has 3 nitrogen and oxygen atoms in total. The van der Waals surface area contributed by atoms with Gasteiger partial charge < -0.3 is 0 Å². The van der Waals surface area contributed by atoms with Gasteiger partial charge in [0.15, 0.2) is 0 Å². The van der Waals surface area contributed by atoms with E-state index >= 15 is 0 Å². The minimum atomic E-state index is -0.147. The SMILES string of the molecule is C=Cc1cccc(C)c1N=C(C)C(=O)C(C)=Nc1c(C)cccc1C(C)C. The lowest BCUT2D eigenvalue weighted by Gasteiger charge is -2.12. The molecule has 27 heavy (non-hydrogen) atoms. The van der Waals surface area contributed by atoms with Crippen LogP contribution in [0.2, 0.25) is 0 Å². The van der Waals surface area contributed by atoms with Crippen molar-refractivity contribution in [1.82, 2.24) is 0 Å². The summed E-state index contributed by atoms with van der Waals surface area (Å²) in [6.45, 7) is 15.6. The Labute approximate surface area is 162 Å². The second-order valence-electron chi connectivity index (χ2n) is 7.11. The summed E-state index contributed by atoms with van der Waals surface area (Å²) < 4.78 is 0. The lowest BCUT2D eigenvalue weighted by Crippen LogP contribution is -2.19. The summed E-state index contributed by atoms with van der Waals surface area (Å²) in [7, 11) is 0. The van der Waals surface area contributed by atoms with Crippen LogP contribution >= 0.6 is 0 Å². The molecular formula is C24H28N2O. The topological polar surface area (TPSA) is 41.8 Å². The molecule has 0 atom stereocenters. The summed E-state index contributed by atoms with van der Waals surface area (Å²) in [5.41, 5.74) is 6.67. The Morgan fingerprint density at radius 1 is 0.926 bits per heavy atom. The van der Waals surface area contributed by atoms with Crippen LogP contribution in [-0.4, -0.2) is 17.2 Å². The van der Waals surface area contributed by atoms with E-state index in [1.165, 1.54) is 0 Å². The van der Waals surface area contributed by atoms with Crippen LogP contribution in [0, 0.1) is 13.8 Å². The predicted octanol–water partition coefficient (Wildman–Crippen LogP) is 6.52. The molecule has 0 saturated heterocycles. The molecule has 0 aromatic heterocycles. The lowest BCUT2D eigenvalue weighted by molar-refractivity contribution is -0.107. The summed E-state index contributed by atoms with van der Waals surface area (Å²) in [6.07, 6.45) is 1.76. The number of para-hydroxylation sites is 2. The van der Waals surface area contributed by atoms with Crippen LogP contribution in [-0.2, 0) is 4.79 Å². The van der Waals surface area contributed by atoms with Gasteiger partial charge in [-0.2, -0.15) is 0 Å². The smallest absolute Gasteiger partial charge is 0.220 e. The molecule has 0 amide bonds. The summed E-state index contributed by atoms with van der Waals surface area (Å²) >= 11 is 0. The number of carbonyl (C=O) groups excluding carboxylic acids is 1. The van der Waals surface area contributed by atoms with Crippen molar-refractivity contribution in [1.29, 1.82) is 0 Å². The summed E-state index contributed by atoms with van der Waals surface area (Å²) in [5.74, 6) is 0.189. The zero-order valence-corrected chi connectivity index (χ0v) is 17.1. The highest BCUT2D eigenvalue weighted by molar-refractivity contribution is 6.66. The first-order valence-electron chi connectivity index (χ1n) is 9.23. The van der Waals surface area contributed by atoms with Crippen molar-refractivity contribution in [2.45, 2.75) is 47.5 Å². The molecule has 140 valence electrons. The second-order valence-corrected chi connectivity index (χ2v) is 7.11. The van der Waals surface area contributed by atoms with Crippen molar-refractivity contribution in [2.75, 3.05) is 0 Å². The van der Waals surface area contributed by atoms with Crippen molar-refractivity contribution < 1.29 is 4.79 Å². The van der Waals surface area contributed by atoms with E-state index < -0.39 is 0 Å². The molecule has 2 rings (SSSR count). The largest absolute Gasteiger partial charge is 0.286 e. The van der Waals surface area contributed by atoms with Gasteiger partial charge in [0.2, 0.25) is 5.78 Å². The molecule has 3 heteroatoms. The fourth-order valence-corrected chi connectivity index (χ4v) is 3.00. The van der Waals surface area contributed by atoms with Crippen molar-refractivity contribution in [3.63, 3.8) is 0 Å². The van der Waals surface area contributed by atoms with E-state index in [0.717, 1.165) is 33.6 Å². The number of aryl methyl sites for hydroxylation is 2. The van der Waals surface area contributed by atoms with E-state index in [9.17, 15) is 4.79 Å². The highest BCUT2D eigenvalue weighted by Crippen LogP contribution is 2.30. The molecule has 0 unspecified atom stereocenters. The number of hydrogen-bond donors (Lipinski definition) is 0. The van der Waals surface area contributed by atoms with Crippen molar-refractivity contribution in [3.8, 4) is 0 Å². The first kappa shape index (κ1) is 20.5. The number of rotatable bonds is 6. The molecule has 0 aliphatic carbocycles. The molecule has 0 aliphatic heterocycles. The van der Waals surface area contributed by atoms with Gasteiger partial charge in [0, 0.05) is 0 Å². The molecule has 0 N–H and O–H groups in total. The molecule has 0 spiro atoms. The second kappa shape index (κ2) is 8.72. The van der Waals surface area contributed by atoms with Gasteiger partial charge in [0.25, 0.3) is 0 Å². The van der Waals surface area contributed by atoms with Crippen LogP contribution in [0.5, 0.6) is 0 Å². The Bertz CT molecular complexity index is 933. The average Bonchev–Trinajstić information content (AvgIpc) is 2.63. The van der Waals surface area contributed by atoms with Crippen molar-refractivity contribution in [3.05, 3.63) is 65.2 Å². The maximum atomic E-state index is 12.9. The Hall–Kier alpha value is -2.81. The number of carbonyl (C=O) groups is 1. The van der Waals surface area contributed by atoms with Crippen molar-refractivity contribution in [2.24, 2.45) is 9.98 Å². The maximum Gasteiger partial charge on any atom is 0.220 e. The van der Waals surface area contributed by atoms with Crippen LogP contribution in [0.25, 0.3) is 6.08 Å². The number of ketones is 1. The first-order chi connectivity index (χ1) is 12.8. The molecule has 0 radical (unpaired) electrons. The Morgan fingerprint density at radius 3 is 2.00 bits per heavy atom. The van der Waals surface area contributed by atoms with E-state index in [0.29, 0.717) is 17.3 Å². The van der Waals surface area contributed by atoms with Crippen LogP contribution in [0.1, 0.15) is 55.9 Å². The predicted molar refractivity (Wildman–Crippen MR) is 117 cm³/mol. The lowest BCUT2D eigenvalue weighted by atomic mass is 9.98. The highest BCUT2D eigenvalue weighted by atomic mass is 16.1. The molecular weight excluding hydrogens is 332 g/mol. The number of benzene rings is 2. The van der Waals surface area contributed by atoms with Gasteiger partial charge in [-0.05, 0) is 55.9 Å². The minimum absolute atomic E-state index is 0.147. The van der Waals surface area contributed by atoms with E-state index in [2.05, 4.69) is 36.5 Å². The molecule has 0 saturated carbocycles. The Balaban J connectivity index is 2.44. The zero-order valence-electron chi connectivity index (χ0n) is 17.1. The quantitative estimate of drug-likeness (QED) is 0.540. The number of nitrogens with zero attached hydrogens (tertiary/aromatic N) is 2. The van der Waals surface area contributed by atoms with Gasteiger partial charge in [0.1, 0.15) is 0 Å². The Morgan fingerprint density at radius 2 is 1.44 bits per heavy atom. The van der Waals surface area contributed by atoms with Gasteiger partial charge >= 0.3 is 0 Å². The van der Waals surface area contributed by atoms with Gasteiger partial charge in [0.05, 0.1) is 22.8 Å². The fraction of sp³-hybridized carbons (Fsp3) is 0.292. The third-order valence-electron chi connectivity index (χ3n) is 4.60. The third kappa shape index (κ3) is 4.68. The van der Waals surface area contributed by atoms with E-state index in [-0.39, 0.29) is 5.78 Å². The average molecular weight is 361 g/mol. The standard InChI is InChI=1S/C24H28N2O/c1-8-20-13-9-11-16(4)22(20)25-18(6)24(27)19(7)26-23-17(5)12-10-14-21(23)15(2)3/h8-15H,1H2,2-7H3. The van der Waals surface area contributed by atoms with Gasteiger partial charge in [-0.1, -0.05) is 62.9 Å². The molecule has 2 aromatic carbocycles. The van der Waals surface area contributed by atoms with Crippen LogP contribution in [0.4, 0.5) is 11.4 Å². The number of Topliss-reactive ketones (excluding diaryl/α,β-unsaturated/α-hetero) is 1. The van der Waals surface area contributed by atoms with Crippen LogP contribution in [0.3, 0.4) is 0 Å². The monoisotopic (exact) mass is 360 g/mol. The van der Waals surface area contributed by atoms with Crippen LogP contribution < -0.4 is 0 Å². The number of aliphatic imine (C=N–C) groups is 2. The number of hydrogen-bond acceptors (Lipinski definition) is 3. The molecule has 0 bridgehead atoms. The van der Waals surface area contributed by atoms with Crippen LogP contribution in [0.15, 0.2) is 53.0 Å². The summed E-state index contributed by atoms with van der Waals surface area (Å²) in [4.78, 5) is 22.1. The highest BCUT2D eigenvalue weighted by Gasteiger charge is 2.15. The molecule has 2 aromatic rings. The van der Waals surface area contributed by atoms with E-state index in [4.69, 9.17) is 0 Å². The summed E-state index contributed by atoms with van der Waals surface area (Å²) in [6, 6.07) is 12.0. The van der Waals surface area contributed by atoms with Gasteiger partial charge in [-0.3, -0.25) is 4.79 Å². The maximum absolute atomic E-state index is 12.9. The van der Waals surface area contributed by atoms with Gasteiger partial charge in [-0.15, -0.1) is 0 Å². The zero-order chi connectivity index (χ0) is 20.1. The van der Waals surface area contributed by atoms with E-state index in [1.54, 1.807) is 19.9 Å².